The molecule has 132 valence electrons. The van der Waals surface area contributed by atoms with E-state index in [1.807, 2.05) is 6.92 Å². The number of aryl methyl sites for hydroxylation is 1. The summed E-state index contributed by atoms with van der Waals surface area (Å²) in [6.45, 7) is 1.76. The quantitative estimate of drug-likeness (QED) is 0.840. The monoisotopic (exact) mass is 367 g/mol. The van der Waals surface area contributed by atoms with E-state index in [0.717, 1.165) is 24.1 Å². The molecule has 0 aliphatic rings. The zero-order chi connectivity index (χ0) is 18.5. The molecule has 0 heterocycles. The van der Waals surface area contributed by atoms with Crippen molar-refractivity contribution in [1.82, 2.24) is 4.72 Å². The second-order valence-corrected chi connectivity index (χ2v) is 6.97. The highest BCUT2D eigenvalue weighted by Crippen LogP contribution is 2.29. The Morgan fingerprint density at radius 3 is 2.36 bits per heavy atom. The Kier molecular flexibility index (Phi) is 5.88. The standard InChI is InChI=1S/C18H16F3NO2S/c1-2-14-8-10-17(11-9-14)25(23,24)22-12-4-6-15-5-3-7-16(13-15)18(19,20)21/h3,5,7-11,13,22H,2,12H2,1H3. The van der Waals surface area contributed by atoms with E-state index in [4.69, 9.17) is 0 Å². The molecule has 0 bridgehead atoms. The minimum absolute atomic E-state index is 0.116. The van der Waals surface area contributed by atoms with Crippen LogP contribution in [0.2, 0.25) is 0 Å². The number of hydrogen-bond donors (Lipinski definition) is 1. The van der Waals surface area contributed by atoms with Crippen LogP contribution in [-0.4, -0.2) is 15.0 Å². The van der Waals surface area contributed by atoms with Crippen molar-refractivity contribution in [1.29, 1.82) is 0 Å². The average molecular weight is 367 g/mol. The molecule has 0 fully saturated rings. The molecule has 25 heavy (non-hydrogen) atoms. The Labute approximate surface area is 144 Å². The van der Waals surface area contributed by atoms with Crippen LogP contribution in [0.3, 0.4) is 0 Å². The van der Waals surface area contributed by atoms with Gasteiger partial charge in [-0.1, -0.05) is 37.0 Å². The van der Waals surface area contributed by atoms with Crippen molar-refractivity contribution in [2.24, 2.45) is 0 Å². The Hall–Kier alpha value is -2.30. The fraction of sp³-hybridized carbons (Fsp3) is 0.222. The minimum Gasteiger partial charge on any atom is -0.207 e. The first-order chi connectivity index (χ1) is 11.7. The Balaban J connectivity index is 2.04. The summed E-state index contributed by atoms with van der Waals surface area (Å²) < 4.78 is 64.3. The van der Waals surface area contributed by atoms with Crippen LogP contribution in [0.15, 0.2) is 53.4 Å². The molecule has 3 nitrogen and oxygen atoms in total. The second-order valence-electron chi connectivity index (χ2n) is 5.20. The van der Waals surface area contributed by atoms with Crippen molar-refractivity contribution in [3.05, 3.63) is 65.2 Å². The summed E-state index contributed by atoms with van der Waals surface area (Å²) in [5, 5.41) is 0. The number of alkyl halides is 3. The summed E-state index contributed by atoms with van der Waals surface area (Å²) in [4.78, 5) is 0.116. The normalized spacial score (nSPS) is 11.7. The Morgan fingerprint density at radius 1 is 1.08 bits per heavy atom. The van der Waals surface area contributed by atoms with Gasteiger partial charge in [0.25, 0.3) is 0 Å². The summed E-state index contributed by atoms with van der Waals surface area (Å²) in [5.74, 6) is 5.04. The summed E-state index contributed by atoms with van der Waals surface area (Å²) in [6, 6.07) is 11.0. The molecule has 0 amide bonds. The number of benzene rings is 2. The predicted octanol–water partition coefficient (Wildman–Crippen LogP) is 3.60. The molecule has 0 spiro atoms. The van der Waals surface area contributed by atoms with Gasteiger partial charge >= 0.3 is 6.18 Å². The SMILES string of the molecule is CCc1ccc(S(=O)(=O)NCC#Cc2cccc(C(F)(F)F)c2)cc1. The lowest BCUT2D eigenvalue weighted by molar-refractivity contribution is -0.137. The molecule has 2 aromatic carbocycles. The summed E-state index contributed by atoms with van der Waals surface area (Å²) in [5.41, 5.74) is 0.389. The molecule has 0 atom stereocenters. The summed E-state index contributed by atoms with van der Waals surface area (Å²) >= 11 is 0. The first-order valence-corrected chi connectivity index (χ1v) is 8.95. The van der Waals surface area contributed by atoms with Crippen LogP contribution in [-0.2, 0) is 22.6 Å². The number of sulfonamides is 1. The third-order valence-corrected chi connectivity index (χ3v) is 4.83. The van der Waals surface area contributed by atoms with Crippen molar-refractivity contribution >= 4 is 10.0 Å². The molecule has 0 aliphatic carbocycles. The first-order valence-electron chi connectivity index (χ1n) is 7.47. The van der Waals surface area contributed by atoms with Gasteiger partial charge in [0.05, 0.1) is 17.0 Å². The number of halogens is 3. The van der Waals surface area contributed by atoms with Crippen LogP contribution in [0, 0.1) is 11.8 Å². The zero-order valence-electron chi connectivity index (χ0n) is 13.4. The van der Waals surface area contributed by atoms with E-state index in [9.17, 15) is 21.6 Å². The van der Waals surface area contributed by atoms with Crippen LogP contribution in [0.4, 0.5) is 13.2 Å². The lowest BCUT2D eigenvalue weighted by Crippen LogP contribution is -2.24. The van der Waals surface area contributed by atoms with Gasteiger partial charge in [-0.15, -0.1) is 0 Å². The maximum absolute atomic E-state index is 12.6. The number of rotatable bonds is 4. The maximum Gasteiger partial charge on any atom is 0.416 e. The molecule has 2 rings (SSSR count). The molecular weight excluding hydrogens is 351 g/mol. The van der Waals surface area contributed by atoms with Crippen LogP contribution < -0.4 is 4.72 Å². The van der Waals surface area contributed by atoms with Gasteiger partial charge in [-0.05, 0) is 42.3 Å². The van der Waals surface area contributed by atoms with E-state index in [0.29, 0.717) is 0 Å². The molecule has 0 saturated heterocycles. The van der Waals surface area contributed by atoms with E-state index in [1.54, 1.807) is 12.1 Å². The molecule has 0 saturated carbocycles. The van der Waals surface area contributed by atoms with Crippen LogP contribution in [0.5, 0.6) is 0 Å². The highest BCUT2D eigenvalue weighted by atomic mass is 32.2. The van der Waals surface area contributed by atoms with Gasteiger partial charge in [0.2, 0.25) is 10.0 Å². The number of nitrogens with one attached hydrogen (secondary N) is 1. The van der Waals surface area contributed by atoms with Gasteiger partial charge in [0.15, 0.2) is 0 Å². The highest BCUT2D eigenvalue weighted by Gasteiger charge is 2.30. The molecule has 0 aliphatic heterocycles. The van der Waals surface area contributed by atoms with Crippen molar-refractivity contribution < 1.29 is 21.6 Å². The van der Waals surface area contributed by atoms with Crippen molar-refractivity contribution in [3.63, 3.8) is 0 Å². The fourth-order valence-corrected chi connectivity index (χ4v) is 2.96. The predicted molar refractivity (Wildman–Crippen MR) is 89.3 cm³/mol. The molecular formula is C18H16F3NO2S. The van der Waals surface area contributed by atoms with Gasteiger partial charge < -0.3 is 0 Å². The largest absolute Gasteiger partial charge is 0.416 e. The van der Waals surface area contributed by atoms with E-state index in [1.165, 1.54) is 24.3 Å². The van der Waals surface area contributed by atoms with Crippen molar-refractivity contribution in [2.45, 2.75) is 24.4 Å². The topological polar surface area (TPSA) is 46.2 Å². The number of hydrogen-bond acceptors (Lipinski definition) is 2. The molecule has 0 aromatic heterocycles. The highest BCUT2D eigenvalue weighted by molar-refractivity contribution is 7.89. The van der Waals surface area contributed by atoms with Crippen LogP contribution in [0.25, 0.3) is 0 Å². The van der Waals surface area contributed by atoms with Crippen LogP contribution >= 0.6 is 0 Å². The average Bonchev–Trinajstić information content (AvgIpc) is 2.58. The van der Waals surface area contributed by atoms with Crippen molar-refractivity contribution in [2.75, 3.05) is 6.54 Å². The Bertz CT molecular complexity index is 892. The molecule has 7 heteroatoms. The molecule has 2 aromatic rings. The summed E-state index contributed by atoms with van der Waals surface area (Å²) in [7, 11) is -3.70. The van der Waals surface area contributed by atoms with Gasteiger partial charge in [0, 0.05) is 5.56 Å². The Morgan fingerprint density at radius 2 is 1.76 bits per heavy atom. The summed E-state index contributed by atoms with van der Waals surface area (Å²) in [6.07, 6.45) is -3.64. The van der Waals surface area contributed by atoms with Crippen LogP contribution in [0.1, 0.15) is 23.6 Å². The van der Waals surface area contributed by atoms with Gasteiger partial charge in [0.1, 0.15) is 0 Å². The lowest BCUT2D eigenvalue weighted by Gasteiger charge is -2.06. The molecule has 0 unspecified atom stereocenters. The van der Waals surface area contributed by atoms with E-state index < -0.39 is 21.8 Å². The fourth-order valence-electron chi connectivity index (χ4n) is 2.04. The third-order valence-electron chi connectivity index (χ3n) is 3.42. The van der Waals surface area contributed by atoms with E-state index in [-0.39, 0.29) is 17.0 Å². The van der Waals surface area contributed by atoms with E-state index >= 15 is 0 Å². The van der Waals surface area contributed by atoms with Crippen molar-refractivity contribution in [3.8, 4) is 11.8 Å². The van der Waals surface area contributed by atoms with E-state index in [2.05, 4.69) is 16.6 Å². The maximum atomic E-state index is 12.6. The zero-order valence-corrected chi connectivity index (χ0v) is 14.2. The van der Waals surface area contributed by atoms with Gasteiger partial charge in [-0.3, -0.25) is 0 Å². The molecule has 1 N–H and O–H groups in total. The smallest absolute Gasteiger partial charge is 0.207 e. The third kappa shape index (κ3) is 5.34. The molecule has 0 radical (unpaired) electrons. The lowest BCUT2D eigenvalue weighted by atomic mass is 10.1. The minimum atomic E-state index is -4.44. The van der Waals surface area contributed by atoms with Gasteiger partial charge in [-0.25, -0.2) is 8.42 Å². The van der Waals surface area contributed by atoms with Gasteiger partial charge in [-0.2, -0.15) is 17.9 Å². The first kappa shape index (κ1) is 19.0. The second kappa shape index (κ2) is 7.72.